The molecular formula is C16H15BrFNO. The number of aryl methyl sites for hydroxylation is 2. The Morgan fingerprint density at radius 3 is 2.35 bits per heavy atom. The first-order valence-corrected chi connectivity index (χ1v) is 7.00. The van der Waals surface area contributed by atoms with Gasteiger partial charge in [-0.2, -0.15) is 0 Å². The molecule has 4 heteroatoms. The average Bonchev–Trinajstić information content (AvgIpc) is 2.39. The number of halogens is 2. The zero-order valence-electron chi connectivity index (χ0n) is 11.6. The van der Waals surface area contributed by atoms with Gasteiger partial charge in [-0.15, -0.1) is 0 Å². The Bertz CT molecular complexity index is 649. The van der Waals surface area contributed by atoms with E-state index in [0.29, 0.717) is 5.56 Å². The van der Waals surface area contributed by atoms with Crippen molar-refractivity contribution in [1.29, 1.82) is 0 Å². The Balaban J connectivity index is 2.40. The number of hydrogen-bond donors (Lipinski definition) is 0. The second kappa shape index (κ2) is 5.75. The van der Waals surface area contributed by atoms with Crippen LogP contribution in [0.4, 0.5) is 10.1 Å². The average molecular weight is 336 g/mol. The van der Waals surface area contributed by atoms with Crippen molar-refractivity contribution in [3.8, 4) is 0 Å². The molecule has 0 aliphatic rings. The molecule has 2 nitrogen and oxygen atoms in total. The molecule has 0 heterocycles. The van der Waals surface area contributed by atoms with Gasteiger partial charge in [-0.25, -0.2) is 4.39 Å². The van der Waals surface area contributed by atoms with E-state index in [-0.39, 0.29) is 10.4 Å². The fraction of sp³-hybridized carbons (Fsp3) is 0.188. The summed E-state index contributed by atoms with van der Waals surface area (Å²) >= 11 is 3.13. The van der Waals surface area contributed by atoms with Gasteiger partial charge < -0.3 is 4.90 Å². The SMILES string of the molecule is Cc1cc(C)cc(N(C)C(=O)c2cccc(F)c2Br)c1. The molecule has 1 amide bonds. The fourth-order valence-electron chi connectivity index (χ4n) is 2.11. The van der Waals surface area contributed by atoms with Crippen LogP contribution in [0.5, 0.6) is 0 Å². The van der Waals surface area contributed by atoms with E-state index in [9.17, 15) is 9.18 Å². The summed E-state index contributed by atoms with van der Waals surface area (Å²) in [6.45, 7) is 3.96. The van der Waals surface area contributed by atoms with E-state index in [1.54, 1.807) is 13.1 Å². The molecule has 0 unspecified atom stereocenters. The highest BCUT2D eigenvalue weighted by Gasteiger charge is 2.18. The molecule has 0 atom stereocenters. The van der Waals surface area contributed by atoms with Crippen LogP contribution in [0.3, 0.4) is 0 Å². The molecule has 0 bridgehead atoms. The first-order valence-electron chi connectivity index (χ1n) is 6.20. The third-order valence-electron chi connectivity index (χ3n) is 3.08. The molecule has 2 aromatic carbocycles. The normalized spacial score (nSPS) is 10.4. The van der Waals surface area contributed by atoms with Crippen LogP contribution in [-0.2, 0) is 0 Å². The number of amides is 1. The van der Waals surface area contributed by atoms with Crippen LogP contribution in [0.15, 0.2) is 40.9 Å². The number of anilines is 1. The van der Waals surface area contributed by atoms with Gasteiger partial charge >= 0.3 is 0 Å². The van der Waals surface area contributed by atoms with E-state index in [1.165, 1.54) is 17.0 Å². The molecule has 20 heavy (non-hydrogen) atoms. The Hall–Kier alpha value is -1.68. The number of carbonyl (C=O) groups excluding carboxylic acids is 1. The van der Waals surface area contributed by atoms with Crippen LogP contribution in [0.1, 0.15) is 21.5 Å². The second-order valence-corrected chi connectivity index (χ2v) is 5.60. The fourth-order valence-corrected chi connectivity index (χ4v) is 2.55. The third-order valence-corrected chi connectivity index (χ3v) is 3.89. The first-order chi connectivity index (χ1) is 9.40. The molecule has 0 N–H and O–H groups in total. The maximum atomic E-state index is 13.5. The summed E-state index contributed by atoms with van der Waals surface area (Å²) in [5, 5.41) is 0. The lowest BCUT2D eigenvalue weighted by Crippen LogP contribution is -2.26. The zero-order valence-corrected chi connectivity index (χ0v) is 13.2. The summed E-state index contributed by atoms with van der Waals surface area (Å²) in [7, 11) is 1.69. The summed E-state index contributed by atoms with van der Waals surface area (Å²) < 4.78 is 13.7. The second-order valence-electron chi connectivity index (χ2n) is 4.81. The first kappa shape index (κ1) is 14.7. The van der Waals surface area contributed by atoms with Gasteiger partial charge in [-0.1, -0.05) is 12.1 Å². The zero-order chi connectivity index (χ0) is 14.9. The van der Waals surface area contributed by atoms with E-state index in [4.69, 9.17) is 0 Å². The van der Waals surface area contributed by atoms with Crippen LogP contribution in [0.25, 0.3) is 0 Å². The van der Waals surface area contributed by atoms with Crippen molar-refractivity contribution in [2.75, 3.05) is 11.9 Å². The van der Waals surface area contributed by atoms with Crippen molar-refractivity contribution in [2.45, 2.75) is 13.8 Å². The van der Waals surface area contributed by atoms with Gasteiger partial charge in [0.05, 0.1) is 10.0 Å². The Morgan fingerprint density at radius 2 is 1.75 bits per heavy atom. The van der Waals surface area contributed by atoms with Crippen LogP contribution >= 0.6 is 15.9 Å². The van der Waals surface area contributed by atoms with Gasteiger partial charge in [-0.05, 0) is 65.2 Å². The summed E-state index contributed by atoms with van der Waals surface area (Å²) in [5.41, 5.74) is 3.27. The highest BCUT2D eigenvalue weighted by molar-refractivity contribution is 9.10. The van der Waals surface area contributed by atoms with Gasteiger partial charge in [0.25, 0.3) is 5.91 Å². The molecule has 2 rings (SSSR count). The van der Waals surface area contributed by atoms with Gasteiger partial charge in [0.2, 0.25) is 0 Å². The molecule has 0 aromatic heterocycles. The largest absolute Gasteiger partial charge is 0.311 e. The molecule has 104 valence electrons. The molecule has 0 spiro atoms. The predicted molar refractivity (Wildman–Crippen MR) is 82.7 cm³/mol. The van der Waals surface area contributed by atoms with Crippen molar-refractivity contribution in [1.82, 2.24) is 0 Å². The summed E-state index contributed by atoms with van der Waals surface area (Å²) in [4.78, 5) is 14.0. The molecule has 0 radical (unpaired) electrons. The van der Waals surface area contributed by atoms with Crippen molar-refractivity contribution < 1.29 is 9.18 Å². The molecular weight excluding hydrogens is 321 g/mol. The van der Waals surface area contributed by atoms with Crippen LogP contribution < -0.4 is 4.90 Å². The van der Waals surface area contributed by atoms with Crippen molar-refractivity contribution in [3.05, 3.63) is 63.4 Å². The van der Waals surface area contributed by atoms with Crippen molar-refractivity contribution in [2.24, 2.45) is 0 Å². The van der Waals surface area contributed by atoms with Gasteiger partial charge in [0.1, 0.15) is 5.82 Å². The Labute approximate surface area is 126 Å². The van der Waals surface area contributed by atoms with E-state index in [0.717, 1.165) is 16.8 Å². The van der Waals surface area contributed by atoms with Gasteiger partial charge in [0.15, 0.2) is 0 Å². The Kier molecular flexibility index (Phi) is 4.23. The van der Waals surface area contributed by atoms with Crippen LogP contribution in [-0.4, -0.2) is 13.0 Å². The summed E-state index contributed by atoms with van der Waals surface area (Å²) in [6.07, 6.45) is 0. The molecule has 0 aliphatic heterocycles. The Morgan fingerprint density at radius 1 is 1.15 bits per heavy atom. The molecule has 2 aromatic rings. The molecule has 0 saturated carbocycles. The van der Waals surface area contributed by atoms with E-state index >= 15 is 0 Å². The highest BCUT2D eigenvalue weighted by atomic mass is 79.9. The van der Waals surface area contributed by atoms with E-state index < -0.39 is 5.82 Å². The lowest BCUT2D eigenvalue weighted by Gasteiger charge is -2.19. The minimum absolute atomic E-state index is 0.196. The predicted octanol–water partition coefficient (Wildman–Crippen LogP) is 4.48. The molecule has 0 aliphatic carbocycles. The van der Waals surface area contributed by atoms with Gasteiger partial charge in [0, 0.05) is 12.7 Å². The minimum Gasteiger partial charge on any atom is -0.311 e. The number of benzene rings is 2. The van der Waals surface area contributed by atoms with Gasteiger partial charge in [-0.3, -0.25) is 4.79 Å². The monoisotopic (exact) mass is 335 g/mol. The van der Waals surface area contributed by atoms with Crippen molar-refractivity contribution in [3.63, 3.8) is 0 Å². The standard InChI is InChI=1S/C16H15BrFNO/c1-10-7-11(2)9-12(8-10)19(3)16(20)13-5-4-6-14(18)15(13)17/h4-9H,1-3H3. The summed E-state index contributed by atoms with van der Waals surface area (Å²) in [6, 6.07) is 10.4. The minimum atomic E-state index is -0.440. The maximum absolute atomic E-state index is 13.5. The lowest BCUT2D eigenvalue weighted by molar-refractivity contribution is 0.0992. The molecule has 0 fully saturated rings. The maximum Gasteiger partial charge on any atom is 0.259 e. The highest BCUT2D eigenvalue weighted by Crippen LogP contribution is 2.24. The molecule has 0 saturated heterocycles. The third kappa shape index (κ3) is 2.90. The smallest absolute Gasteiger partial charge is 0.259 e. The number of nitrogens with zero attached hydrogens (tertiary/aromatic N) is 1. The number of rotatable bonds is 2. The van der Waals surface area contributed by atoms with Crippen molar-refractivity contribution >= 4 is 27.5 Å². The quantitative estimate of drug-likeness (QED) is 0.792. The van der Waals surface area contributed by atoms with Crippen LogP contribution in [0, 0.1) is 19.7 Å². The number of carbonyl (C=O) groups is 1. The summed E-state index contributed by atoms with van der Waals surface area (Å²) in [5.74, 6) is -0.689. The number of hydrogen-bond acceptors (Lipinski definition) is 1. The lowest BCUT2D eigenvalue weighted by atomic mass is 10.1. The van der Waals surface area contributed by atoms with E-state index in [1.807, 2.05) is 32.0 Å². The van der Waals surface area contributed by atoms with Crippen LogP contribution in [0.2, 0.25) is 0 Å². The topological polar surface area (TPSA) is 20.3 Å². The van der Waals surface area contributed by atoms with E-state index in [2.05, 4.69) is 15.9 Å².